The first-order valence-corrected chi connectivity index (χ1v) is 7.05. The Bertz CT molecular complexity index is 468. The minimum Gasteiger partial charge on any atom is -0.484 e. The standard InChI is InChI=1S/C16H26N2O2/c1-6-16(4,5)18-15(19)10-20-14-8-7-13(12(3)17)9-11(14)2/h7-9,12H,6,10,17H2,1-5H3,(H,18,19)/t12-/m0/s1. The van der Waals surface area contributed by atoms with Crippen LogP contribution < -0.4 is 15.8 Å². The summed E-state index contributed by atoms with van der Waals surface area (Å²) in [6.45, 7) is 9.95. The lowest BCUT2D eigenvalue weighted by Gasteiger charge is -2.24. The van der Waals surface area contributed by atoms with E-state index in [2.05, 4.69) is 5.32 Å². The summed E-state index contributed by atoms with van der Waals surface area (Å²) in [6, 6.07) is 5.79. The molecule has 0 fully saturated rings. The Kier molecular flexibility index (Phi) is 5.57. The SMILES string of the molecule is CCC(C)(C)NC(=O)COc1ccc([C@H](C)N)cc1C. The molecule has 0 saturated heterocycles. The molecule has 1 aromatic rings. The van der Waals surface area contributed by atoms with Gasteiger partial charge < -0.3 is 15.8 Å². The first kappa shape index (κ1) is 16.5. The molecule has 0 aromatic heterocycles. The van der Waals surface area contributed by atoms with Crippen LogP contribution in [0, 0.1) is 6.92 Å². The molecule has 0 bridgehead atoms. The van der Waals surface area contributed by atoms with Crippen LogP contribution in [0.25, 0.3) is 0 Å². The summed E-state index contributed by atoms with van der Waals surface area (Å²) in [7, 11) is 0. The second-order valence-electron chi connectivity index (χ2n) is 5.89. The Hall–Kier alpha value is -1.55. The molecular weight excluding hydrogens is 252 g/mol. The zero-order valence-corrected chi connectivity index (χ0v) is 13.1. The Labute approximate surface area is 121 Å². The van der Waals surface area contributed by atoms with Crippen LogP contribution in [-0.4, -0.2) is 18.1 Å². The molecule has 0 aliphatic rings. The van der Waals surface area contributed by atoms with Gasteiger partial charge in [0.15, 0.2) is 6.61 Å². The van der Waals surface area contributed by atoms with Crippen LogP contribution in [0.4, 0.5) is 0 Å². The van der Waals surface area contributed by atoms with Crippen molar-refractivity contribution < 1.29 is 9.53 Å². The first-order valence-electron chi connectivity index (χ1n) is 7.05. The molecular formula is C16H26N2O2. The van der Waals surface area contributed by atoms with E-state index in [0.717, 1.165) is 23.3 Å². The number of carbonyl (C=O) groups excluding carboxylic acids is 1. The van der Waals surface area contributed by atoms with Crippen LogP contribution in [0.2, 0.25) is 0 Å². The van der Waals surface area contributed by atoms with Gasteiger partial charge in [0.1, 0.15) is 5.75 Å². The lowest BCUT2D eigenvalue weighted by atomic mass is 10.0. The summed E-state index contributed by atoms with van der Waals surface area (Å²) in [5.74, 6) is 0.617. The van der Waals surface area contributed by atoms with E-state index in [-0.39, 0.29) is 24.1 Å². The number of hydrogen-bond acceptors (Lipinski definition) is 3. The summed E-state index contributed by atoms with van der Waals surface area (Å²) < 4.78 is 5.57. The number of aryl methyl sites for hydroxylation is 1. The summed E-state index contributed by atoms with van der Waals surface area (Å²) in [6.07, 6.45) is 0.876. The van der Waals surface area contributed by atoms with Gasteiger partial charge in [0.25, 0.3) is 5.91 Å². The number of rotatable bonds is 6. The second-order valence-corrected chi connectivity index (χ2v) is 5.89. The average Bonchev–Trinajstić information content (AvgIpc) is 2.36. The Morgan fingerprint density at radius 3 is 2.60 bits per heavy atom. The van der Waals surface area contributed by atoms with Crippen LogP contribution in [0.3, 0.4) is 0 Å². The zero-order valence-electron chi connectivity index (χ0n) is 13.1. The minimum atomic E-state index is -0.200. The van der Waals surface area contributed by atoms with E-state index in [1.165, 1.54) is 0 Å². The topological polar surface area (TPSA) is 64.3 Å². The molecule has 1 amide bonds. The lowest BCUT2D eigenvalue weighted by molar-refractivity contribution is -0.124. The molecule has 0 aliphatic heterocycles. The predicted octanol–water partition coefficient (Wildman–Crippen LogP) is 2.70. The summed E-state index contributed by atoms with van der Waals surface area (Å²) in [5.41, 5.74) is 7.68. The molecule has 3 N–H and O–H groups in total. The fourth-order valence-electron chi connectivity index (χ4n) is 1.76. The van der Waals surface area contributed by atoms with E-state index >= 15 is 0 Å². The van der Waals surface area contributed by atoms with Crippen molar-refractivity contribution in [2.75, 3.05) is 6.61 Å². The third-order valence-electron chi connectivity index (χ3n) is 3.45. The monoisotopic (exact) mass is 278 g/mol. The molecule has 0 saturated carbocycles. The summed E-state index contributed by atoms with van der Waals surface area (Å²) >= 11 is 0. The van der Waals surface area contributed by atoms with Crippen LogP contribution in [-0.2, 0) is 4.79 Å². The van der Waals surface area contributed by atoms with Crippen LogP contribution in [0.1, 0.15) is 51.3 Å². The van der Waals surface area contributed by atoms with Crippen molar-refractivity contribution in [2.24, 2.45) is 5.73 Å². The van der Waals surface area contributed by atoms with Gasteiger partial charge in [0.2, 0.25) is 0 Å². The molecule has 1 aromatic carbocycles. The van der Waals surface area contributed by atoms with Gasteiger partial charge in [-0.3, -0.25) is 4.79 Å². The number of nitrogens with one attached hydrogen (secondary N) is 1. The van der Waals surface area contributed by atoms with Crippen molar-refractivity contribution in [2.45, 2.75) is 52.6 Å². The van der Waals surface area contributed by atoms with Crippen LogP contribution in [0.5, 0.6) is 5.75 Å². The smallest absolute Gasteiger partial charge is 0.258 e. The predicted molar refractivity (Wildman–Crippen MR) is 81.8 cm³/mol. The molecule has 0 unspecified atom stereocenters. The molecule has 20 heavy (non-hydrogen) atoms. The number of ether oxygens (including phenoxy) is 1. The molecule has 0 aliphatic carbocycles. The van der Waals surface area contributed by atoms with Crippen molar-refractivity contribution >= 4 is 5.91 Å². The fourth-order valence-corrected chi connectivity index (χ4v) is 1.76. The average molecular weight is 278 g/mol. The zero-order chi connectivity index (χ0) is 15.3. The lowest BCUT2D eigenvalue weighted by Crippen LogP contribution is -2.44. The second kappa shape index (κ2) is 6.75. The highest BCUT2D eigenvalue weighted by molar-refractivity contribution is 5.78. The molecule has 4 heteroatoms. The van der Waals surface area contributed by atoms with Crippen LogP contribution in [0.15, 0.2) is 18.2 Å². The summed E-state index contributed by atoms with van der Waals surface area (Å²) in [5, 5.41) is 2.94. The maximum absolute atomic E-state index is 11.8. The van der Waals surface area contributed by atoms with Crippen molar-refractivity contribution in [3.8, 4) is 5.75 Å². The van der Waals surface area contributed by atoms with E-state index in [1.807, 2.05) is 52.8 Å². The van der Waals surface area contributed by atoms with Gasteiger partial charge in [-0.1, -0.05) is 19.1 Å². The van der Waals surface area contributed by atoms with Gasteiger partial charge in [0, 0.05) is 11.6 Å². The van der Waals surface area contributed by atoms with E-state index in [1.54, 1.807) is 0 Å². The van der Waals surface area contributed by atoms with Gasteiger partial charge in [-0.25, -0.2) is 0 Å². The quantitative estimate of drug-likeness (QED) is 0.841. The highest BCUT2D eigenvalue weighted by atomic mass is 16.5. The van der Waals surface area contributed by atoms with Gasteiger partial charge in [-0.15, -0.1) is 0 Å². The number of amides is 1. The highest BCUT2D eigenvalue weighted by Crippen LogP contribution is 2.21. The third-order valence-corrected chi connectivity index (χ3v) is 3.45. The van der Waals surface area contributed by atoms with E-state index in [0.29, 0.717) is 0 Å². The number of carbonyl (C=O) groups is 1. The molecule has 1 atom stereocenters. The Balaban J connectivity index is 2.60. The molecule has 4 nitrogen and oxygen atoms in total. The Morgan fingerprint density at radius 1 is 1.45 bits per heavy atom. The Morgan fingerprint density at radius 2 is 2.10 bits per heavy atom. The molecule has 112 valence electrons. The fraction of sp³-hybridized carbons (Fsp3) is 0.562. The van der Waals surface area contributed by atoms with E-state index < -0.39 is 0 Å². The number of nitrogens with two attached hydrogens (primary N) is 1. The van der Waals surface area contributed by atoms with Gasteiger partial charge in [0.05, 0.1) is 0 Å². The largest absolute Gasteiger partial charge is 0.484 e. The van der Waals surface area contributed by atoms with Gasteiger partial charge >= 0.3 is 0 Å². The maximum atomic E-state index is 11.8. The number of benzene rings is 1. The highest BCUT2D eigenvalue weighted by Gasteiger charge is 2.18. The first-order chi connectivity index (χ1) is 9.25. The maximum Gasteiger partial charge on any atom is 0.258 e. The van der Waals surface area contributed by atoms with Crippen molar-refractivity contribution in [1.82, 2.24) is 5.32 Å². The normalized spacial score (nSPS) is 12.9. The minimum absolute atomic E-state index is 0.00333. The summed E-state index contributed by atoms with van der Waals surface area (Å²) in [4.78, 5) is 11.8. The molecule has 1 rings (SSSR count). The molecule has 0 spiro atoms. The number of hydrogen-bond donors (Lipinski definition) is 2. The molecule has 0 heterocycles. The van der Waals surface area contributed by atoms with E-state index in [4.69, 9.17) is 10.5 Å². The van der Waals surface area contributed by atoms with Gasteiger partial charge in [-0.05, 0) is 51.3 Å². The molecule has 0 radical (unpaired) electrons. The van der Waals surface area contributed by atoms with E-state index in [9.17, 15) is 4.79 Å². The van der Waals surface area contributed by atoms with Crippen molar-refractivity contribution in [3.63, 3.8) is 0 Å². The van der Waals surface area contributed by atoms with Gasteiger partial charge in [-0.2, -0.15) is 0 Å². The van der Waals surface area contributed by atoms with Crippen molar-refractivity contribution in [3.05, 3.63) is 29.3 Å². The van der Waals surface area contributed by atoms with Crippen LogP contribution >= 0.6 is 0 Å². The van der Waals surface area contributed by atoms with Crippen molar-refractivity contribution in [1.29, 1.82) is 0 Å². The third kappa shape index (κ3) is 4.85.